The predicted octanol–water partition coefficient (Wildman–Crippen LogP) is 5.79. The van der Waals surface area contributed by atoms with Crippen LogP contribution in [-0.2, 0) is 6.54 Å². The molecule has 1 amide bonds. The highest BCUT2D eigenvalue weighted by molar-refractivity contribution is 7.12. The molecule has 31 heavy (non-hydrogen) atoms. The van der Waals surface area contributed by atoms with E-state index in [9.17, 15) is 4.79 Å². The van der Waals surface area contributed by atoms with E-state index in [1.807, 2.05) is 54.8 Å². The maximum absolute atomic E-state index is 12.5. The van der Waals surface area contributed by atoms with Crippen molar-refractivity contribution < 1.29 is 9.53 Å². The van der Waals surface area contributed by atoms with Gasteiger partial charge in [0.1, 0.15) is 18.2 Å². The summed E-state index contributed by atoms with van der Waals surface area (Å²) in [6.07, 6.45) is 0. The number of carbonyl (C=O) groups excluding carboxylic acids is 1. The summed E-state index contributed by atoms with van der Waals surface area (Å²) in [6.45, 7) is 7.48. The topological polar surface area (TPSA) is 56.1 Å². The highest BCUT2D eigenvalue weighted by Gasteiger charge is 2.19. The van der Waals surface area contributed by atoms with Gasteiger partial charge < -0.3 is 14.6 Å². The van der Waals surface area contributed by atoms with Gasteiger partial charge in [0.15, 0.2) is 0 Å². The average molecular weight is 434 g/mol. The number of para-hydroxylation sites is 2. The number of aromatic nitrogens is 2. The number of nitrogens with zero attached hydrogens (tertiary/aromatic N) is 2. The van der Waals surface area contributed by atoms with Crippen molar-refractivity contribution in [3.63, 3.8) is 0 Å². The molecule has 1 atom stereocenters. The zero-order chi connectivity index (χ0) is 21.8. The molecule has 0 saturated heterocycles. The minimum atomic E-state index is -0.229. The number of benzene rings is 2. The number of fused-ring (bicyclic) bond motifs is 1. The van der Waals surface area contributed by atoms with Crippen molar-refractivity contribution in [2.75, 3.05) is 6.61 Å². The maximum atomic E-state index is 12.5. The monoisotopic (exact) mass is 433 g/mol. The minimum Gasteiger partial charge on any atom is -0.492 e. The van der Waals surface area contributed by atoms with Crippen LogP contribution in [0.3, 0.4) is 0 Å². The lowest BCUT2D eigenvalue weighted by Gasteiger charge is -2.16. The summed E-state index contributed by atoms with van der Waals surface area (Å²) in [5.74, 6) is 2.10. The van der Waals surface area contributed by atoms with Crippen molar-refractivity contribution in [2.24, 2.45) is 0 Å². The molecule has 0 saturated carbocycles. The van der Waals surface area contributed by atoms with Crippen LogP contribution < -0.4 is 10.1 Å². The first-order valence-electron chi connectivity index (χ1n) is 10.5. The van der Waals surface area contributed by atoms with Crippen LogP contribution >= 0.6 is 11.3 Å². The molecule has 0 aliphatic heterocycles. The van der Waals surface area contributed by atoms with Gasteiger partial charge in [-0.25, -0.2) is 4.98 Å². The Balaban J connectivity index is 1.50. The Bertz CT molecular complexity index is 1150. The van der Waals surface area contributed by atoms with E-state index < -0.39 is 0 Å². The molecular weight excluding hydrogens is 406 g/mol. The molecule has 4 aromatic rings. The van der Waals surface area contributed by atoms with Crippen LogP contribution in [-0.4, -0.2) is 22.1 Å². The molecule has 4 rings (SSSR count). The molecular formula is C25H27N3O2S. The van der Waals surface area contributed by atoms with Crippen LogP contribution in [0, 0.1) is 0 Å². The molecule has 0 radical (unpaired) electrons. The van der Waals surface area contributed by atoms with Gasteiger partial charge in [-0.3, -0.25) is 4.79 Å². The first-order valence-corrected chi connectivity index (χ1v) is 11.4. The van der Waals surface area contributed by atoms with Crippen LogP contribution in [0.5, 0.6) is 5.75 Å². The van der Waals surface area contributed by atoms with Crippen molar-refractivity contribution in [3.8, 4) is 5.75 Å². The van der Waals surface area contributed by atoms with Crippen molar-refractivity contribution in [3.05, 3.63) is 82.3 Å². The molecule has 0 spiro atoms. The smallest absolute Gasteiger partial charge is 0.261 e. The standard InChI is InChI=1S/C25H27N3O2S/c1-17(2)19-10-12-20(13-11-19)30-15-14-28-22-8-5-4-7-21(22)27-24(28)18(3)26-25(29)23-9-6-16-31-23/h4-13,16-18H,14-15H2,1-3H3,(H,26,29). The third kappa shape index (κ3) is 4.80. The Kier molecular flexibility index (Phi) is 6.37. The highest BCUT2D eigenvalue weighted by Crippen LogP contribution is 2.23. The number of hydrogen-bond donors (Lipinski definition) is 1. The number of carbonyl (C=O) groups is 1. The van der Waals surface area contributed by atoms with E-state index in [4.69, 9.17) is 9.72 Å². The number of thiophene rings is 1. The lowest BCUT2D eigenvalue weighted by Crippen LogP contribution is -2.28. The van der Waals surface area contributed by atoms with Crippen LogP contribution in [0.2, 0.25) is 0 Å². The summed E-state index contributed by atoms with van der Waals surface area (Å²) < 4.78 is 8.14. The van der Waals surface area contributed by atoms with Gasteiger partial charge >= 0.3 is 0 Å². The second kappa shape index (κ2) is 9.35. The first-order chi connectivity index (χ1) is 15.0. The second-order valence-corrected chi connectivity index (χ2v) is 8.80. The molecule has 1 N–H and O–H groups in total. The van der Waals surface area contributed by atoms with E-state index in [1.54, 1.807) is 0 Å². The largest absolute Gasteiger partial charge is 0.492 e. The van der Waals surface area contributed by atoms with Gasteiger partial charge in [-0.15, -0.1) is 11.3 Å². The fourth-order valence-electron chi connectivity index (χ4n) is 3.60. The second-order valence-electron chi connectivity index (χ2n) is 7.86. The zero-order valence-electron chi connectivity index (χ0n) is 18.0. The summed E-state index contributed by atoms with van der Waals surface area (Å²) in [4.78, 5) is 18.0. The van der Waals surface area contributed by atoms with Gasteiger partial charge in [0, 0.05) is 0 Å². The summed E-state index contributed by atoms with van der Waals surface area (Å²) >= 11 is 1.43. The molecule has 0 aliphatic rings. The van der Waals surface area contributed by atoms with E-state index in [0.29, 0.717) is 23.9 Å². The van der Waals surface area contributed by atoms with E-state index in [-0.39, 0.29) is 11.9 Å². The van der Waals surface area contributed by atoms with Crippen molar-refractivity contribution >= 4 is 28.3 Å². The van der Waals surface area contributed by atoms with Gasteiger partial charge in [-0.05, 0) is 54.1 Å². The van der Waals surface area contributed by atoms with E-state index in [1.165, 1.54) is 16.9 Å². The van der Waals surface area contributed by atoms with Gasteiger partial charge in [0.05, 0.1) is 28.5 Å². The third-order valence-corrected chi connectivity index (χ3v) is 6.16. The highest BCUT2D eigenvalue weighted by atomic mass is 32.1. The molecule has 2 aromatic heterocycles. The van der Waals surface area contributed by atoms with Crippen molar-refractivity contribution in [1.29, 1.82) is 0 Å². The summed E-state index contributed by atoms with van der Waals surface area (Å²) in [5, 5.41) is 4.97. The Morgan fingerprint density at radius 2 is 1.84 bits per heavy atom. The quantitative estimate of drug-likeness (QED) is 0.383. The Morgan fingerprint density at radius 1 is 1.06 bits per heavy atom. The van der Waals surface area contributed by atoms with Gasteiger partial charge in [0.2, 0.25) is 0 Å². The predicted molar refractivity (Wildman–Crippen MR) is 126 cm³/mol. The maximum Gasteiger partial charge on any atom is 0.261 e. The lowest BCUT2D eigenvalue weighted by molar-refractivity contribution is 0.0941. The van der Waals surface area contributed by atoms with Crippen molar-refractivity contribution in [2.45, 2.75) is 39.3 Å². The SMILES string of the molecule is CC(C)c1ccc(OCCn2c(C(C)NC(=O)c3cccs3)nc3ccccc32)cc1. The number of imidazole rings is 1. The molecule has 0 aliphatic carbocycles. The summed E-state index contributed by atoms with van der Waals surface area (Å²) in [5.41, 5.74) is 3.25. The number of rotatable bonds is 8. The Hall–Kier alpha value is -3.12. The van der Waals surface area contributed by atoms with Gasteiger partial charge in [-0.2, -0.15) is 0 Å². The fourth-order valence-corrected chi connectivity index (χ4v) is 4.23. The van der Waals surface area contributed by atoms with Gasteiger partial charge in [-0.1, -0.05) is 44.2 Å². The number of hydrogen-bond acceptors (Lipinski definition) is 4. The number of amides is 1. The van der Waals surface area contributed by atoms with Gasteiger partial charge in [0.25, 0.3) is 5.91 Å². The van der Waals surface area contributed by atoms with Crippen LogP contribution in [0.4, 0.5) is 0 Å². The van der Waals surface area contributed by atoms with Crippen LogP contribution in [0.15, 0.2) is 66.0 Å². The molecule has 0 bridgehead atoms. The fraction of sp³-hybridized carbons (Fsp3) is 0.280. The molecule has 2 aromatic carbocycles. The van der Waals surface area contributed by atoms with E-state index in [2.05, 4.69) is 41.9 Å². The average Bonchev–Trinajstić information content (AvgIpc) is 3.43. The molecule has 5 nitrogen and oxygen atoms in total. The molecule has 160 valence electrons. The minimum absolute atomic E-state index is 0.0809. The molecule has 6 heteroatoms. The first kappa shape index (κ1) is 21.1. The molecule has 0 fully saturated rings. The van der Waals surface area contributed by atoms with E-state index in [0.717, 1.165) is 22.6 Å². The molecule has 1 unspecified atom stereocenters. The lowest BCUT2D eigenvalue weighted by atomic mass is 10.0. The normalized spacial score (nSPS) is 12.3. The number of ether oxygens (including phenoxy) is 1. The zero-order valence-corrected chi connectivity index (χ0v) is 18.9. The summed E-state index contributed by atoms with van der Waals surface area (Å²) in [7, 11) is 0. The van der Waals surface area contributed by atoms with E-state index >= 15 is 0 Å². The Morgan fingerprint density at radius 3 is 2.55 bits per heavy atom. The van der Waals surface area contributed by atoms with Crippen LogP contribution in [0.1, 0.15) is 53.8 Å². The Labute approximate surface area is 186 Å². The molecule has 2 heterocycles. The number of nitrogens with one attached hydrogen (secondary N) is 1. The van der Waals surface area contributed by atoms with Crippen LogP contribution in [0.25, 0.3) is 11.0 Å². The third-order valence-electron chi connectivity index (χ3n) is 5.29. The summed E-state index contributed by atoms with van der Waals surface area (Å²) in [6, 6.07) is 19.8. The van der Waals surface area contributed by atoms with Crippen molar-refractivity contribution in [1.82, 2.24) is 14.9 Å².